The van der Waals surface area contributed by atoms with Crippen LogP contribution in [0.5, 0.6) is 0 Å². The number of hydrogen-bond acceptors (Lipinski definition) is 3. The van der Waals surface area contributed by atoms with E-state index in [0.717, 1.165) is 0 Å². The Hall–Kier alpha value is -1.53. The number of nitrogens with one attached hydrogen (secondary N) is 2. The second kappa shape index (κ2) is 4.64. The second-order valence-electron chi connectivity index (χ2n) is 2.70. The van der Waals surface area contributed by atoms with Crippen LogP contribution >= 0.6 is 0 Å². The van der Waals surface area contributed by atoms with Crippen molar-refractivity contribution in [2.45, 2.75) is 0 Å². The SMILES string of the molecule is CNC(=O)Nc1cccc(B(O)O)c1. The summed E-state index contributed by atoms with van der Waals surface area (Å²) in [4.78, 5) is 10.9. The topological polar surface area (TPSA) is 81.6 Å². The lowest BCUT2D eigenvalue weighted by atomic mass is 9.80. The smallest absolute Gasteiger partial charge is 0.423 e. The number of carbonyl (C=O) groups excluding carboxylic acids is 1. The molecule has 1 aromatic carbocycles. The van der Waals surface area contributed by atoms with Crippen LogP contribution in [-0.2, 0) is 0 Å². The Morgan fingerprint density at radius 1 is 1.43 bits per heavy atom. The summed E-state index contributed by atoms with van der Waals surface area (Å²) >= 11 is 0. The van der Waals surface area contributed by atoms with Crippen molar-refractivity contribution in [3.05, 3.63) is 24.3 Å². The first-order valence-corrected chi connectivity index (χ1v) is 4.08. The molecule has 0 atom stereocenters. The Bertz CT molecular complexity index is 330. The van der Waals surface area contributed by atoms with Crippen LogP contribution in [0.1, 0.15) is 0 Å². The molecule has 0 aliphatic carbocycles. The van der Waals surface area contributed by atoms with Gasteiger partial charge in [0.05, 0.1) is 0 Å². The summed E-state index contributed by atoms with van der Waals surface area (Å²) in [5.74, 6) is 0. The van der Waals surface area contributed by atoms with E-state index in [-0.39, 0.29) is 6.03 Å². The molecule has 0 aliphatic heterocycles. The summed E-state index contributed by atoms with van der Waals surface area (Å²) in [5.41, 5.74) is 0.842. The van der Waals surface area contributed by atoms with Gasteiger partial charge < -0.3 is 20.7 Å². The minimum absolute atomic E-state index is 0.332. The van der Waals surface area contributed by atoms with Gasteiger partial charge in [0.1, 0.15) is 0 Å². The summed E-state index contributed by atoms with van der Waals surface area (Å²) in [6.07, 6.45) is 0. The lowest BCUT2D eigenvalue weighted by molar-refractivity contribution is 0.254. The molecule has 0 aromatic heterocycles. The van der Waals surface area contributed by atoms with Crippen LogP contribution in [0.15, 0.2) is 24.3 Å². The van der Waals surface area contributed by atoms with Crippen LogP contribution in [0.25, 0.3) is 0 Å². The largest absolute Gasteiger partial charge is 0.488 e. The standard InChI is InChI=1S/C8H11BN2O3/c1-10-8(12)11-7-4-2-3-6(5-7)9(13)14/h2-5,13-14H,1H3,(H2,10,11,12). The number of anilines is 1. The number of benzene rings is 1. The van der Waals surface area contributed by atoms with E-state index in [0.29, 0.717) is 11.2 Å². The Morgan fingerprint density at radius 2 is 2.14 bits per heavy atom. The third-order valence-electron chi connectivity index (χ3n) is 1.67. The lowest BCUT2D eigenvalue weighted by Crippen LogP contribution is -2.31. The minimum atomic E-state index is -1.53. The van der Waals surface area contributed by atoms with E-state index in [4.69, 9.17) is 10.0 Å². The zero-order valence-corrected chi connectivity index (χ0v) is 7.69. The first-order chi connectivity index (χ1) is 6.63. The summed E-state index contributed by atoms with van der Waals surface area (Å²) in [5, 5.41) is 22.6. The van der Waals surface area contributed by atoms with Gasteiger partial charge in [-0.15, -0.1) is 0 Å². The van der Waals surface area contributed by atoms with Gasteiger partial charge in [-0.05, 0) is 17.6 Å². The fourth-order valence-electron chi connectivity index (χ4n) is 0.971. The van der Waals surface area contributed by atoms with E-state index in [2.05, 4.69) is 10.6 Å². The van der Waals surface area contributed by atoms with Crippen LogP contribution in [-0.4, -0.2) is 30.2 Å². The van der Waals surface area contributed by atoms with Gasteiger partial charge in [0.15, 0.2) is 0 Å². The van der Waals surface area contributed by atoms with E-state index < -0.39 is 7.12 Å². The van der Waals surface area contributed by atoms with Gasteiger partial charge in [-0.1, -0.05) is 12.1 Å². The van der Waals surface area contributed by atoms with Crippen molar-refractivity contribution >= 4 is 24.3 Å². The van der Waals surface area contributed by atoms with E-state index >= 15 is 0 Å². The molecule has 1 rings (SSSR count). The normalized spacial score (nSPS) is 9.36. The average Bonchev–Trinajstić information content (AvgIpc) is 2.18. The van der Waals surface area contributed by atoms with Crippen molar-refractivity contribution in [2.24, 2.45) is 0 Å². The number of urea groups is 1. The quantitative estimate of drug-likeness (QED) is 0.461. The maximum Gasteiger partial charge on any atom is 0.488 e. The molecule has 2 amide bonds. The average molecular weight is 194 g/mol. The van der Waals surface area contributed by atoms with Gasteiger partial charge in [0, 0.05) is 12.7 Å². The Kier molecular flexibility index (Phi) is 3.50. The highest BCUT2D eigenvalue weighted by Crippen LogP contribution is 2.03. The van der Waals surface area contributed by atoms with Crippen LogP contribution < -0.4 is 16.1 Å². The van der Waals surface area contributed by atoms with Crippen LogP contribution in [0.3, 0.4) is 0 Å². The van der Waals surface area contributed by atoms with E-state index in [1.165, 1.54) is 13.1 Å². The molecular formula is C8H11BN2O3. The molecule has 0 saturated heterocycles. The van der Waals surface area contributed by atoms with Crippen molar-refractivity contribution in [2.75, 3.05) is 12.4 Å². The fourth-order valence-corrected chi connectivity index (χ4v) is 0.971. The molecule has 4 N–H and O–H groups in total. The minimum Gasteiger partial charge on any atom is -0.423 e. The van der Waals surface area contributed by atoms with Crippen LogP contribution in [0.4, 0.5) is 10.5 Å². The lowest BCUT2D eigenvalue weighted by Gasteiger charge is -2.05. The number of rotatable bonds is 2. The zero-order chi connectivity index (χ0) is 10.6. The zero-order valence-electron chi connectivity index (χ0n) is 7.69. The van der Waals surface area contributed by atoms with E-state index in [1.54, 1.807) is 18.2 Å². The third kappa shape index (κ3) is 2.76. The molecule has 0 spiro atoms. The van der Waals surface area contributed by atoms with Crippen LogP contribution in [0.2, 0.25) is 0 Å². The van der Waals surface area contributed by atoms with Gasteiger partial charge in [0.25, 0.3) is 0 Å². The molecule has 14 heavy (non-hydrogen) atoms. The second-order valence-corrected chi connectivity index (χ2v) is 2.70. The third-order valence-corrected chi connectivity index (χ3v) is 1.67. The molecule has 0 fully saturated rings. The molecule has 0 aliphatic rings. The van der Waals surface area contributed by atoms with Crippen molar-refractivity contribution in [3.63, 3.8) is 0 Å². The number of amides is 2. The molecule has 0 saturated carbocycles. The first kappa shape index (κ1) is 10.6. The predicted molar refractivity (Wildman–Crippen MR) is 54.3 cm³/mol. The maximum absolute atomic E-state index is 10.9. The molecule has 5 nitrogen and oxygen atoms in total. The van der Waals surface area contributed by atoms with Crippen molar-refractivity contribution in [1.29, 1.82) is 0 Å². The number of hydrogen-bond donors (Lipinski definition) is 4. The van der Waals surface area contributed by atoms with Crippen LogP contribution in [0, 0.1) is 0 Å². The highest BCUT2D eigenvalue weighted by molar-refractivity contribution is 6.58. The van der Waals surface area contributed by atoms with Gasteiger partial charge in [-0.2, -0.15) is 0 Å². The Labute approximate surface area is 81.9 Å². The van der Waals surface area contributed by atoms with E-state index in [1.807, 2.05) is 0 Å². The Morgan fingerprint density at radius 3 is 2.71 bits per heavy atom. The van der Waals surface area contributed by atoms with Gasteiger partial charge in [0.2, 0.25) is 0 Å². The summed E-state index contributed by atoms with van der Waals surface area (Å²) < 4.78 is 0. The van der Waals surface area contributed by atoms with Gasteiger partial charge >= 0.3 is 13.1 Å². The molecule has 1 aromatic rings. The highest BCUT2D eigenvalue weighted by Gasteiger charge is 2.10. The molecule has 0 bridgehead atoms. The molecular weight excluding hydrogens is 183 g/mol. The molecule has 0 unspecified atom stereocenters. The molecule has 6 heteroatoms. The molecule has 0 heterocycles. The first-order valence-electron chi connectivity index (χ1n) is 4.08. The number of carbonyl (C=O) groups is 1. The van der Waals surface area contributed by atoms with E-state index in [9.17, 15) is 4.79 Å². The summed E-state index contributed by atoms with van der Waals surface area (Å²) in [6.45, 7) is 0. The highest BCUT2D eigenvalue weighted by atomic mass is 16.4. The van der Waals surface area contributed by atoms with Gasteiger partial charge in [-0.3, -0.25) is 0 Å². The fraction of sp³-hybridized carbons (Fsp3) is 0.125. The van der Waals surface area contributed by atoms with Crippen molar-refractivity contribution in [3.8, 4) is 0 Å². The Balaban J connectivity index is 2.78. The molecule has 74 valence electrons. The van der Waals surface area contributed by atoms with Crippen molar-refractivity contribution < 1.29 is 14.8 Å². The van der Waals surface area contributed by atoms with Crippen molar-refractivity contribution in [1.82, 2.24) is 5.32 Å². The summed E-state index contributed by atoms with van der Waals surface area (Å²) in [6, 6.07) is 5.97. The summed E-state index contributed by atoms with van der Waals surface area (Å²) in [7, 11) is -0.0264. The predicted octanol–water partition coefficient (Wildman–Crippen LogP) is -0.882. The van der Waals surface area contributed by atoms with Gasteiger partial charge in [-0.25, -0.2) is 4.79 Å². The molecule has 0 radical (unpaired) electrons. The monoisotopic (exact) mass is 194 g/mol. The maximum atomic E-state index is 10.9.